The number of carbonyl (C=O) groups excluding carboxylic acids is 2. The number of likely N-dealkylation sites (tertiary alicyclic amines) is 1. The van der Waals surface area contributed by atoms with Crippen molar-refractivity contribution in [3.8, 4) is 0 Å². The summed E-state index contributed by atoms with van der Waals surface area (Å²) in [5.74, 6) is -3.14. The highest BCUT2D eigenvalue weighted by Gasteiger charge is 2.48. The van der Waals surface area contributed by atoms with Crippen molar-refractivity contribution in [2.24, 2.45) is 17.1 Å². The van der Waals surface area contributed by atoms with Crippen LogP contribution in [-0.4, -0.2) is 78.1 Å². The van der Waals surface area contributed by atoms with E-state index in [0.29, 0.717) is 42.4 Å². The first kappa shape index (κ1) is 32.9. The number of halogens is 2. The van der Waals surface area contributed by atoms with Gasteiger partial charge < -0.3 is 21.1 Å². The molecule has 9 heteroatoms. The summed E-state index contributed by atoms with van der Waals surface area (Å²) in [4.78, 5) is 31.2. The third-order valence-electron chi connectivity index (χ3n) is 8.52. The Morgan fingerprint density at radius 2 is 1.83 bits per heavy atom. The molecule has 1 aromatic carbocycles. The predicted octanol–water partition coefficient (Wildman–Crippen LogP) is 3.96. The third kappa shape index (κ3) is 8.23. The number of benzene rings is 1. The van der Waals surface area contributed by atoms with Crippen LogP contribution in [0.3, 0.4) is 0 Å². The van der Waals surface area contributed by atoms with Crippen LogP contribution in [0, 0.1) is 23.0 Å². The minimum atomic E-state index is -1.43. The van der Waals surface area contributed by atoms with E-state index >= 15 is 0 Å². The first-order valence-corrected chi connectivity index (χ1v) is 15.1. The summed E-state index contributed by atoms with van der Waals surface area (Å²) in [5, 5.41) is 15.0. The maximum Gasteiger partial charge on any atom is 0.249 e. The normalized spacial score (nSPS) is 22.7. The number of rotatable bonds is 15. The number of aliphatic hydroxyl groups is 1. The highest BCUT2D eigenvalue weighted by atomic mass is 19.1. The summed E-state index contributed by atoms with van der Waals surface area (Å²) < 4.78 is 28.4. The average Bonchev–Trinajstić information content (AvgIpc) is 3.37. The van der Waals surface area contributed by atoms with E-state index in [1.54, 1.807) is 24.0 Å². The van der Waals surface area contributed by atoms with Crippen LogP contribution in [0.25, 0.3) is 0 Å². The Balaban J connectivity index is 1.95. The van der Waals surface area contributed by atoms with E-state index in [2.05, 4.69) is 17.1 Å². The first-order valence-electron chi connectivity index (χ1n) is 15.1. The molecule has 2 amide bonds. The Kier molecular flexibility index (Phi) is 12.1. The number of nitrogens with two attached hydrogens (primary N) is 1. The number of hydrogen-bond acceptors (Lipinski definition) is 5. The van der Waals surface area contributed by atoms with Crippen LogP contribution in [-0.2, 0) is 16.0 Å². The second-order valence-electron chi connectivity index (χ2n) is 11.7. The van der Waals surface area contributed by atoms with Gasteiger partial charge in [-0.05, 0) is 76.2 Å². The number of allylic oxidation sites excluding steroid dienone is 2. The molecule has 0 bridgehead atoms. The van der Waals surface area contributed by atoms with Gasteiger partial charge in [-0.15, -0.1) is 0 Å². The molecule has 1 fully saturated rings. The first-order chi connectivity index (χ1) is 19.5. The van der Waals surface area contributed by atoms with Crippen molar-refractivity contribution >= 4 is 11.8 Å². The van der Waals surface area contributed by atoms with Gasteiger partial charge in [0, 0.05) is 49.8 Å². The molecule has 1 heterocycles. The van der Waals surface area contributed by atoms with Crippen LogP contribution >= 0.6 is 0 Å². The fourth-order valence-corrected chi connectivity index (χ4v) is 6.64. The van der Waals surface area contributed by atoms with Crippen molar-refractivity contribution in [1.29, 1.82) is 0 Å². The number of amides is 2. The quantitative estimate of drug-likeness (QED) is 0.295. The van der Waals surface area contributed by atoms with Gasteiger partial charge in [-0.3, -0.25) is 14.5 Å². The molecule has 1 unspecified atom stereocenters. The number of nitrogens with one attached hydrogen (secondary N) is 1. The van der Waals surface area contributed by atoms with Crippen LogP contribution in [0.2, 0.25) is 0 Å². The van der Waals surface area contributed by atoms with E-state index in [1.807, 2.05) is 13.8 Å². The lowest BCUT2D eigenvalue weighted by Crippen LogP contribution is -2.52. The topological polar surface area (TPSA) is 98.9 Å². The molecule has 4 N–H and O–H groups in total. The van der Waals surface area contributed by atoms with E-state index in [9.17, 15) is 23.5 Å². The van der Waals surface area contributed by atoms with E-state index in [1.165, 1.54) is 12.1 Å². The Morgan fingerprint density at radius 1 is 1.17 bits per heavy atom. The summed E-state index contributed by atoms with van der Waals surface area (Å²) in [6.45, 7) is 12.0. The minimum absolute atomic E-state index is 0.00383. The molecule has 1 aliphatic heterocycles. The zero-order chi connectivity index (χ0) is 30.2. The van der Waals surface area contributed by atoms with Gasteiger partial charge in [0.05, 0.1) is 11.5 Å². The summed E-state index contributed by atoms with van der Waals surface area (Å²) in [6, 6.07) is 3.59. The second-order valence-corrected chi connectivity index (χ2v) is 11.7. The highest BCUT2D eigenvalue weighted by molar-refractivity contribution is 5.96. The fourth-order valence-electron chi connectivity index (χ4n) is 6.64. The Morgan fingerprint density at radius 3 is 2.41 bits per heavy atom. The largest absolute Gasteiger partial charge is 0.391 e. The van der Waals surface area contributed by atoms with Crippen LogP contribution in [0.1, 0.15) is 65.4 Å². The molecule has 0 saturated carbocycles. The molecule has 4 atom stereocenters. The number of primary amides is 1. The van der Waals surface area contributed by atoms with Gasteiger partial charge in [0.25, 0.3) is 0 Å². The maximum absolute atomic E-state index is 14.2. The molecule has 41 heavy (non-hydrogen) atoms. The van der Waals surface area contributed by atoms with Gasteiger partial charge in [0.1, 0.15) is 11.6 Å². The lowest BCUT2D eigenvalue weighted by molar-refractivity contribution is -0.132. The molecule has 1 aromatic rings. The summed E-state index contributed by atoms with van der Waals surface area (Å²) in [5.41, 5.74) is 6.13. The molecule has 2 aliphatic rings. The molecule has 1 saturated heterocycles. The van der Waals surface area contributed by atoms with Crippen molar-refractivity contribution < 1.29 is 23.5 Å². The van der Waals surface area contributed by atoms with Gasteiger partial charge in [-0.2, -0.15) is 0 Å². The zero-order valence-electron chi connectivity index (χ0n) is 25.1. The van der Waals surface area contributed by atoms with Crippen LogP contribution in [0.15, 0.2) is 41.5 Å². The minimum Gasteiger partial charge on any atom is -0.391 e. The zero-order valence-corrected chi connectivity index (χ0v) is 25.1. The smallest absolute Gasteiger partial charge is 0.249 e. The van der Waals surface area contributed by atoms with Crippen molar-refractivity contribution in [2.75, 3.05) is 39.3 Å². The van der Waals surface area contributed by atoms with E-state index in [4.69, 9.17) is 5.73 Å². The van der Waals surface area contributed by atoms with Gasteiger partial charge in [-0.1, -0.05) is 38.5 Å². The maximum atomic E-state index is 14.2. The monoisotopic (exact) mass is 574 g/mol. The van der Waals surface area contributed by atoms with Gasteiger partial charge >= 0.3 is 0 Å². The highest BCUT2D eigenvalue weighted by Crippen LogP contribution is 2.44. The third-order valence-corrected chi connectivity index (χ3v) is 8.52. The standard InChI is InChI=1S/C32H48F2N4O3/c1-5-10-38(11-6-2)30(40)24-13-22(4)18-32(19-24,31(35)41)28(16-23-14-25(33)17-26(34)15-23)29(39)21-36-20-27-9-8-12-37(27)7-3/h13-15,17-18,27-29,36,39H,5-12,16,19-21H2,1-4H3,(H2,35,41)/t27-,28-,29+,32?/m1/s1. The van der Waals surface area contributed by atoms with Crippen molar-refractivity contribution in [3.05, 3.63) is 58.7 Å². The molecule has 0 spiro atoms. The number of hydrogen-bond donors (Lipinski definition) is 3. The Labute approximate surface area is 243 Å². The summed E-state index contributed by atoms with van der Waals surface area (Å²) in [7, 11) is 0. The SMILES string of the molecule is CCCN(CCC)C(=O)C1=CC(C)=CC(C(N)=O)([C@H](Cc2cc(F)cc(F)c2)[C@@H](O)CNC[C@H]2CCCN2CC)C1. The lowest BCUT2D eigenvalue weighted by Gasteiger charge is -2.42. The van der Waals surface area contributed by atoms with Crippen LogP contribution in [0.5, 0.6) is 0 Å². The molecule has 0 aromatic heterocycles. The van der Waals surface area contributed by atoms with E-state index < -0.39 is 35.0 Å². The van der Waals surface area contributed by atoms with E-state index in [-0.39, 0.29) is 25.3 Å². The summed E-state index contributed by atoms with van der Waals surface area (Å²) >= 11 is 0. The Hall–Kier alpha value is -2.62. The molecule has 3 rings (SSSR count). The lowest BCUT2D eigenvalue weighted by atomic mass is 9.63. The second kappa shape index (κ2) is 15.0. The van der Waals surface area contributed by atoms with Crippen molar-refractivity contribution in [1.82, 2.24) is 15.1 Å². The average molecular weight is 575 g/mol. The van der Waals surface area contributed by atoms with Crippen molar-refractivity contribution in [3.63, 3.8) is 0 Å². The van der Waals surface area contributed by atoms with Crippen LogP contribution in [0.4, 0.5) is 8.78 Å². The number of likely N-dealkylation sites (N-methyl/N-ethyl adjacent to an activating group) is 1. The molecule has 7 nitrogen and oxygen atoms in total. The van der Waals surface area contributed by atoms with Crippen molar-refractivity contribution in [2.45, 2.75) is 78.4 Å². The van der Waals surface area contributed by atoms with Gasteiger partial charge in [0.2, 0.25) is 11.8 Å². The number of carbonyl (C=O) groups is 2. The predicted molar refractivity (Wildman–Crippen MR) is 158 cm³/mol. The van der Waals surface area contributed by atoms with Crippen LogP contribution < -0.4 is 11.1 Å². The molecular weight excluding hydrogens is 526 g/mol. The fraction of sp³-hybridized carbons (Fsp3) is 0.625. The number of nitrogens with zero attached hydrogens (tertiary/aromatic N) is 2. The molecule has 0 radical (unpaired) electrons. The van der Waals surface area contributed by atoms with Gasteiger partial charge in [-0.25, -0.2) is 8.78 Å². The molecular formula is C32H48F2N4O3. The Bertz CT molecular complexity index is 1100. The number of aliphatic hydroxyl groups excluding tert-OH is 1. The molecule has 228 valence electrons. The van der Waals surface area contributed by atoms with E-state index in [0.717, 1.165) is 44.8 Å². The van der Waals surface area contributed by atoms with Gasteiger partial charge in [0.15, 0.2) is 0 Å². The molecule has 1 aliphatic carbocycles. The summed E-state index contributed by atoms with van der Waals surface area (Å²) in [6.07, 6.45) is 6.23.